The number of aromatic nitrogens is 3. The molecule has 1 aromatic carbocycles. The Labute approximate surface area is 154 Å². The molecule has 2 heterocycles. The summed E-state index contributed by atoms with van der Waals surface area (Å²) in [5.41, 5.74) is 0.988. The number of rotatable bonds is 5. The monoisotopic (exact) mass is 367 g/mol. The van der Waals surface area contributed by atoms with E-state index in [4.69, 9.17) is 9.26 Å². The van der Waals surface area contributed by atoms with Gasteiger partial charge in [-0.25, -0.2) is 14.8 Å². The summed E-state index contributed by atoms with van der Waals surface area (Å²) in [6, 6.07) is 9.90. The molecule has 0 aliphatic heterocycles. The Kier molecular flexibility index (Phi) is 5.11. The smallest absolute Gasteiger partial charge is 0.339 e. The third kappa shape index (κ3) is 4.27. The molecule has 138 valence electrons. The van der Waals surface area contributed by atoms with E-state index >= 15 is 0 Å². The zero-order chi connectivity index (χ0) is 19.4. The lowest BCUT2D eigenvalue weighted by Gasteiger charge is -2.11. The number of hydrogen-bond acceptors (Lipinski definition) is 8. The van der Waals surface area contributed by atoms with Crippen molar-refractivity contribution in [2.24, 2.45) is 0 Å². The molecule has 0 saturated heterocycles. The summed E-state index contributed by atoms with van der Waals surface area (Å²) in [6.45, 7) is 3.38. The van der Waals surface area contributed by atoms with E-state index < -0.39 is 11.9 Å². The second kappa shape index (κ2) is 7.65. The molecule has 0 radical (unpaired) electrons. The maximum atomic E-state index is 12.4. The van der Waals surface area contributed by atoms with Crippen LogP contribution in [0.3, 0.4) is 0 Å². The van der Waals surface area contributed by atoms with Gasteiger partial charge >= 0.3 is 5.97 Å². The number of benzene rings is 1. The largest absolute Gasteiger partial charge is 0.465 e. The van der Waals surface area contributed by atoms with Crippen LogP contribution in [0, 0.1) is 13.8 Å². The standard InChI is InChI=1S/C18H17N5O4/c1-10-8-16(23-27-10)22-17(24)14-9-15(20-11(2)19-14)21-13-7-5-4-6-12(13)18(25)26-3/h4-9H,1-3H3,(H,19,20,21)(H,22,23,24). The van der Waals surface area contributed by atoms with E-state index in [1.54, 1.807) is 44.2 Å². The fourth-order valence-electron chi connectivity index (χ4n) is 2.37. The van der Waals surface area contributed by atoms with Crippen LogP contribution >= 0.6 is 0 Å². The highest BCUT2D eigenvalue weighted by Gasteiger charge is 2.15. The lowest BCUT2D eigenvalue weighted by molar-refractivity contribution is 0.0601. The molecule has 1 amide bonds. The van der Waals surface area contributed by atoms with Gasteiger partial charge in [0, 0.05) is 12.1 Å². The number of para-hydroxylation sites is 1. The number of anilines is 3. The molecule has 9 nitrogen and oxygen atoms in total. The highest BCUT2D eigenvalue weighted by atomic mass is 16.5. The first-order valence-corrected chi connectivity index (χ1v) is 8.01. The highest BCUT2D eigenvalue weighted by Crippen LogP contribution is 2.21. The summed E-state index contributed by atoms with van der Waals surface area (Å²) in [4.78, 5) is 32.7. The third-order valence-electron chi connectivity index (χ3n) is 3.54. The molecule has 3 aromatic rings. The number of carbonyl (C=O) groups excluding carboxylic acids is 2. The SMILES string of the molecule is COC(=O)c1ccccc1Nc1cc(C(=O)Nc2cc(C)on2)nc(C)n1. The number of hydrogen-bond donors (Lipinski definition) is 2. The van der Waals surface area contributed by atoms with Gasteiger partial charge in [0.25, 0.3) is 5.91 Å². The van der Waals surface area contributed by atoms with Crippen molar-refractivity contribution in [1.29, 1.82) is 0 Å². The minimum Gasteiger partial charge on any atom is -0.465 e. The van der Waals surface area contributed by atoms with E-state index in [2.05, 4.69) is 25.8 Å². The number of esters is 1. The molecule has 0 saturated carbocycles. The number of nitrogens with zero attached hydrogens (tertiary/aromatic N) is 3. The van der Waals surface area contributed by atoms with Gasteiger partial charge in [-0.05, 0) is 26.0 Å². The van der Waals surface area contributed by atoms with Crippen LogP contribution < -0.4 is 10.6 Å². The molecule has 9 heteroatoms. The third-order valence-corrected chi connectivity index (χ3v) is 3.54. The molecule has 0 atom stereocenters. The van der Waals surface area contributed by atoms with Crippen molar-refractivity contribution >= 4 is 29.2 Å². The lowest BCUT2D eigenvalue weighted by atomic mass is 10.2. The van der Waals surface area contributed by atoms with Crippen LogP contribution in [0.1, 0.15) is 32.4 Å². The summed E-state index contributed by atoms with van der Waals surface area (Å²) in [5, 5.41) is 9.34. The number of ether oxygens (including phenoxy) is 1. The predicted molar refractivity (Wildman–Crippen MR) is 97.0 cm³/mol. The maximum Gasteiger partial charge on any atom is 0.339 e. The topological polar surface area (TPSA) is 119 Å². The first-order chi connectivity index (χ1) is 13.0. The van der Waals surface area contributed by atoms with Crippen molar-refractivity contribution in [3.05, 3.63) is 59.2 Å². The van der Waals surface area contributed by atoms with E-state index in [0.717, 1.165) is 0 Å². The summed E-state index contributed by atoms with van der Waals surface area (Å²) in [7, 11) is 1.31. The van der Waals surface area contributed by atoms with Crippen LogP contribution in [0.25, 0.3) is 0 Å². The van der Waals surface area contributed by atoms with Crippen LogP contribution in [0.5, 0.6) is 0 Å². The molecular weight excluding hydrogens is 350 g/mol. The van der Waals surface area contributed by atoms with E-state index in [-0.39, 0.29) is 5.69 Å². The van der Waals surface area contributed by atoms with Crippen molar-refractivity contribution in [2.75, 3.05) is 17.7 Å². The summed E-state index contributed by atoms with van der Waals surface area (Å²) >= 11 is 0. The molecular formula is C18H17N5O4. The Hall–Kier alpha value is -3.75. The second-order valence-corrected chi connectivity index (χ2v) is 5.62. The predicted octanol–water partition coefficient (Wildman–Crippen LogP) is 2.86. The zero-order valence-corrected chi connectivity index (χ0v) is 14.9. The fourth-order valence-corrected chi connectivity index (χ4v) is 2.37. The van der Waals surface area contributed by atoms with E-state index in [9.17, 15) is 9.59 Å². The molecule has 0 spiro atoms. The molecule has 0 aliphatic carbocycles. The summed E-state index contributed by atoms with van der Waals surface area (Å²) in [5.74, 6) is 0.670. The van der Waals surface area contributed by atoms with Gasteiger partial charge in [0.2, 0.25) is 0 Å². The Balaban J connectivity index is 1.86. The Morgan fingerprint density at radius 2 is 1.85 bits per heavy atom. The van der Waals surface area contributed by atoms with Gasteiger partial charge in [0.05, 0.1) is 18.4 Å². The van der Waals surface area contributed by atoms with Crippen molar-refractivity contribution in [2.45, 2.75) is 13.8 Å². The van der Waals surface area contributed by atoms with Gasteiger partial charge in [0.1, 0.15) is 23.1 Å². The van der Waals surface area contributed by atoms with Gasteiger partial charge in [-0.15, -0.1) is 0 Å². The van der Waals surface area contributed by atoms with Crippen molar-refractivity contribution < 1.29 is 18.8 Å². The molecule has 0 aliphatic rings. The molecule has 3 rings (SSSR count). The summed E-state index contributed by atoms with van der Waals surface area (Å²) < 4.78 is 9.70. The fraction of sp³-hybridized carbons (Fsp3) is 0.167. The number of nitrogens with one attached hydrogen (secondary N) is 2. The normalized spacial score (nSPS) is 10.3. The van der Waals surface area contributed by atoms with Gasteiger partial charge in [-0.3, -0.25) is 4.79 Å². The van der Waals surface area contributed by atoms with Crippen molar-refractivity contribution in [3.8, 4) is 0 Å². The first kappa shape index (κ1) is 18.1. The van der Waals surface area contributed by atoms with Gasteiger partial charge in [-0.1, -0.05) is 17.3 Å². The van der Waals surface area contributed by atoms with Crippen molar-refractivity contribution in [1.82, 2.24) is 15.1 Å². The van der Waals surface area contributed by atoms with Crippen LogP contribution in [0.15, 0.2) is 40.9 Å². The van der Waals surface area contributed by atoms with Gasteiger partial charge in [-0.2, -0.15) is 0 Å². The number of aryl methyl sites for hydroxylation is 2. The molecule has 0 unspecified atom stereocenters. The highest BCUT2D eigenvalue weighted by molar-refractivity contribution is 6.03. The second-order valence-electron chi connectivity index (χ2n) is 5.62. The Morgan fingerprint density at radius 3 is 2.56 bits per heavy atom. The Morgan fingerprint density at radius 1 is 1.07 bits per heavy atom. The zero-order valence-electron chi connectivity index (χ0n) is 14.9. The summed E-state index contributed by atoms with van der Waals surface area (Å²) in [6.07, 6.45) is 0. The van der Waals surface area contributed by atoms with Crippen LogP contribution in [-0.2, 0) is 4.74 Å². The molecule has 0 bridgehead atoms. The molecule has 2 aromatic heterocycles. The minimum atomic E-state index is -0.483. The lowest BCUT2D eigenvalue weighted by Crippen LogP contribution is -2.15. The number of carbonyl (C=O) groups is 2. The quantitative estimate of drug-likeness (QED) is 0.661. The van der Waals surface area contributed by atoms with Crippen molar-refractivity contribution in [3.63, 3.8) is 0 Å². The van der Waals surface area contributed by atoms with Crippen LogP contribution in [0.4, 0.5) is 17.3 Å². The van der Waals surface area contributed by atoms with E-state index in [1.165, 1.54) is 13.2 Å². The Bertz CT molecular complexity index is 999. The average molecular weight is 367 g/mol. The first-order valence-electron chi connectivity index (χ1n) is 8.01. The van der Waals surface area contributed by atoms with Gasteiger partial charge in [0.15, 0.2) is 5.82 Å². The number of amides is 1. The van der Waals surface area contributed by atoms with Gasteiger partial charge < -0.3 is 19.9 Å². The van der Waals surface area contributed by atoms with Crippen LogP contribution in [0.2, 0.25) is 0 Å². The maximum absolute atomic E-state index is 12.4. The van der Waals surface area contributed by atoms with E-state index in [1.807, 2.05) is 0 Å². The molecule has 27 heavy (non-hydrogen) atoms. The van der Waals surface area contributed by atoms with Crippen LogP contribution in [-0.4, -0.2) is 34.1 Å². The van der Waals surface area contributed by atoms with E-state index in [0.29, 0.717) is 34.5 Å². The minimum absolute atomic E-state index is 0.140. The molecule has 2 N–H and O–H groups in total. The molecule has 0 fully saturated rings. The average Bonchev–Trinajstić information content (AvgIpc) is 3.05. The number of methoxy groups -OCH3 is 1.